The van der Waals surface area contributed by atoms with E-state index in [1.807, 2.05) is 4.90 Å². The number of halogens is 3. The van der Waals surface area contributed by atoms with Crippen LogP contribution in [-0.4, -0.2) is 23.5 Å². The van der Waals surface area contributed by atoms with E-state index in [9.17, 15) is 18.4 Å². The maximum atomic E-state index is 13.0. The molecule has 0 aromatic heterocycles. The molecule has 1 aliphatic heterocycles. The Labute approximate surface area is 116 Å². The molecule has 0 amide bonds. The second-order valence-corrected chi connectivity index (χ2v) is 5.41. The van der Waals surface area contributed by atoms with Gasteiger partial charge in [-0.2, -0.15) is 18.4 Å². The van der Waals surface area contributed by atoms with Crippen LogP contribution in [-0.2, 0) is 12.6 Å². The van der Waals surface area contributed by atoms with Gasteiger partial charge in [-0.15, -0.1) is 0 Å². The predicted molar refractivity (Wildman–Crippen MR) is 70.0 cm³/mol. The summed E-state index contributed by atoms with van der Waals surface area (Å²) in [6, 6.07) is 7.72. The summed E-state index contributed by atoms with van der Waals surface area (Å²) in [5.41, 5.74) is -1.32. The number of hydrogen-bond acceptors (Lipinski definition) is 2. The summed E-state index contributed by atoms with van der Waals surface area (Å²) in [6.45, 7) is 3.28. The lowest BCUT2D eigenvalue weighted by Gasteiger charge is -2.33. The highest BCUT2D eigenvalue weighted by molar-refractivity contribution is 5.32. The number of rotatable bonds is 3. The Balaban J connectivity index is 2.31. The SMILES string of the molecule is CC(C#N)(Cc1ccccc1C(F)(F)F)N1CCCC1. The van der Waals surface area contributed by atoms with Crippen LogP contribution in [0.3, 0.4) is 0 Å². The highest BCUT2D eigenvalue weighted by Gasteiger charge is 2.38. The molecule has 108 valence electrons. The van der Waals surface area contributed by atoms with E-state index in [4.69, 9.17) is 0 Å². The van der Waals surface area contributed by atoms with Crippen molar-refractivity contribution < 1.29 is 13.2 Å². The molecule has 0 spiro atoms. The van der Waals surface area contributed by atoms with Crippen molar-refractivity contribution in [1.29, 1.82) is 5.26 Å². The molecule has 20 heavy (non-hydrogen) atoms. The normalized spacial score (nSPS) is 19.6. The Bertz CT molecular complexity index is 513. The van der Waals surface area contributed by atoms with Crippen LogP contribution < -0.4 is 0 Å². The topological polar surface area (TPSA) is 27.0 Å². The number of alkyl halides is 3. The van der Waals surface area contributed by atoms with E-state index in [1.165, 1.54) is 12.1 Å². The third-order valence-corrected chi connectivity index (χ3v) is 3.90. The number of hydrogen-bond donors (Lipinski definition) is 0. The smallest absolute Gasteiger partial charge is 0.285 e. The summed E-state index contributed by atoms with van der Waals surface area (Å²) < 4.78 is 39.0. The van der Waals surface area contributed by atoms with Gasteiger partial charge in [0.15, 0.2) is 0 Å². The van der Waals surface area contributed by atoms with Crippen molar-refractivity contribution >= 4 is 0 Å². The third-order valence-electron chi connectivity index (χ3n) is 3.90. The zero-order valence-electron chi connectivity index (χ0n) is 11.4. The fraction of sp³-hybridized carbons (Fsp3) is 0.533. The fourth-order valence-corrected chi connectivity index (χ4v) is 2.75. The first kappa shape index (κ1) is 14.9. The number of nitrogens with zero attached hydrogens (tertiary/aromatic N) is 2. The van der Waals surface area contributed by atoms with Crippen LogP contribution in [0.15, 0.2) is 24.3 Å². The van der Waals surface area contributed by atoms with E-state index in [0.717, 1.165) is 32.0 Å². The molecule has 0 saturated carbocycles. The van der Waals surface area contributed by atoms with E-state index in [2.05, 4.69) is 6.07 Å². The Hall–Kier alpha value is -1.54. The summed E-state index contributed by atoms with van der Waals surface area (Å²) in [6.07, 6.45) is -2.28. The molecule has 0 N–H and O–H groups in total. The molecular formula is C15H17F3N2. The van der Waals surface area contributed by atoms with Crippen molar-refractivity contribution in [1.82, 2.24) is 4.90 Å². The van der Waals surface area contributed by atoms with Crippen LogP contribution in [0.2, 0.25) is 0 Å². The lowest BCUT2D eigenvalue weighted by Crippen LogP contribution is -2.45. The molecule has 0 aliphatic carbocycles. The fourth-order valence-electron chi connectivity index (χ4n) is 2.75. The number of likely N-dealkylation sites (tertiary alicyclic amines) is 1. The molecule has 0 bridgehead atoms. The van der Waals surface area contributed by atoms with Gasteiger partial charge in [0.05, 0.1) is 11.6 Å². The molecule has 1 heterocycles. The van der Waals surface area contributed by atoms with Crippen molar-refractivity contribution in [2.75, 3.05) is 13.1 Å². The summed E-state index contributed by atoms with van der Waals surface area (Å²) >= 11 is 0. The quantitative estimate of drug-likeness (QED) is 0.846. The Morgan fingerprint density at radius 1 is 1.20 bits per heavy atom. The third kappa shape index (κ3) is 2.96. The first-order valence-corrected chi connectivity index (χ1v) is 6.68. The molecule has 1 unspecified atom stereocenters. The second-order valence-electron chi connectivity index (χ2n) is 5.41. The molecular weight excluding hydrogens is 265 g/mol. The highest BCUT2D eigenvalue weighted by Crippen LogP contribution is 2.34. The molecule has 2 nitrogen and oxygen atoms in total. The van der Waals surface area contributed by atoms with Crippen molar-refractivity contribution in [2.24, 2.45) is 0 Å². The van der Waals surface area contributed by atoms with Gasteiger partial charge in [0.2, 0.25) is 0 Å². The minimum Gasteiger partial charge on any atom is -0.285 e. The second kappa shape index (κ2) is 5.45. The van der Waals surface area contributed by atoms with Gasteiger partial charge in [0.25, 0.3) is 0 Å². The lowest BCUT2D eigenvalue weighted by atomic mass is 9.90. The molecule has 0 radical (unpaired) electrons. The molecule has 1 atom stereocenters. The van der Waals surface area contributed by atoms with E-state index in [0.29, 0.717) is 0 Å². The van der Waals surface area contributed by atoms with Gasteiger partial charge < -0.3 is 0 Å². The van der Waals surface area contributed by atoms with Crippen LogP contribution >= 0.6 is 0 Å². The van der Waals surface area contributed by atoms with Crippen molar-refractivity contribution in [3.8, 4) is 6.07 Å². The predicted octanol–water partition coefficient (Wildman–Crippen LogP) is 3.63. The van der Waals surface area contributed by atoms with Crippen molar-refractivity contribution in [3.63, 3.8) is 0 Å². The molecule has 2 rings (SSSR count). The minimum absolute atomic E-state index is 0.0964. The first-order chi connectivity index (χ1) is 9.37. The van der Waals surface area contributed by atoms with Gasteiger partial charge >= 0.3 is 6.18 Å². The average molecular weight is 282 g/mol. The van der Waals surface area contributed by atoms with Crippen LogP contribution in [0.5, 0.6) is 0 Å². The summed E-state index contributed by atoms with van der Waals surface area (Å²) in [7, 11) is 0. The lowest BCUT2D eigenvalue weighted by molar-refractivity contribution is -0.138. The van der Waals surface area contributed by atoms with Crippen molar-refractivity contribution in [3.05, 3.63) is 35.4 Å². The number of benzene rings is 1. The largest absolute Gasteiger partial charge is 0.416 e. The Morgan fingerprint density at radius 2 is 1.80 bits per heavy atom. The monoisotopic (exact) mass is 282 g/mol. The van der Waals surface area contributed by atoms with Gasteiger partial charge in [-0.1, -0.05) is 18.2 Å². The molecule has 1 aliphatic rings. The summed E-state index contributed by atoms with van der Waals surface area (Å²) in [4.78, 5) is 1.99. The van der Waals surface area contributed by atoms with Gasteiger partial charge in [0.1, 0.15) is 5.54 Å². The molecule has 1 aromatic carbocycles. The summed E-state index contributed by atoms with van der Waals surface area (Å²) in [5.74, 6) is 0. The van der Waals surface area contributed by atoms with Crippen LogP contribution in [0, 0.1) is 11.3 Å². The van der Waals surface area contributed by atoms with E-state index in [1.54, 1.807) is 13.0 Å². The average Bonchev–Trinajstić information content (AvgIpc) is 2.92. The summed E-state index contributed by atoms with van der Waals surface area (Å²) in [5, 5.41) is 9.43. The molecule has 1 aromatic rings. The Morgan fingerprint density at radius 3 is 2.35 bits per heavy atom. The maximum Gasteiger partial charge on any atom is 0.416 e. The van der Waals surface area contributed by atoms with Crippen molar-refractivity contribution in [2.45, 2.75) is 37.9 Å². The van der Waals surface area contributed by atoms with Gasteiger partial charge in [-0.3, -0.25) is 4.90 Å². The number of nitriles is 1. The zero-order valence-corrected chi connectivity index (χ0v) is 11.4. The molecule has 5 heteroatoms. The Kier molecular flexibility index (Phi) is 4.05. The van der Waals surface area contributed by atoms with E-state index < -0.39 is 17.3 Å². The molecule has 1 saturated heterocycles. The zero-order chi connectivity index (χ0) is 14.8. The standard InChI is InChI=1S/C15H17F3N2/c1-14(11-19,20-8-4-5-9-20)10-12-6-2-3-7-13(12)15(16,17)18/h2-3,6-7H,4-5,8-10H2,1H3. The van der Waals surface area contributed by atoms with Crippen LogP contribution in [0.4, 0.5) is 13.2 Å². The minimum atomic E-state index is -4.38. The van der Waals surface area contributed by atoms with Gasteiger partial charge in [0, 0.05) is 6.42 Å². The first-order valence-electron chi connectivity index (χ1n) is 6.68. The molecule has 1 fully saturated rings. The van der Waals surface area contributed by atoms with E-state index in [-0.39, 0.29) is 12.0 Å². The van der Waals surface area contributed by atoms with Gasteiger partial charge in [-0.05, 0) is 44.5 Å². The highest BCUT2D eigenvalue weighted by atomic mass is 19.4. The van der Waals surface area contributed by atoms with Crippen LogP contribution in [0.25, 0.3) is 0 Å². The maximum absolute atomic E-state index is 13.0. The van der Waals surface area contributed by atoms with Crippen LogP contribution in [0.1, 0.15) is 30.9 Å². The van der Waals surface area contributed by atoms with Gasteiger partial charge in [-0.25, -0.2) is 0 Å². The van der Waals surface area contributed by atoms with E-state index >= 15 is 0 Å².